The first-order valence-corrected chi connectivity index (χ1v) is 5.21. The van der Waals surface area contributed by atoms with Crippen molar-refractivity contribution in [2.75, 3.05) is 13.2 Å². The van der Waals surface area contributed by atoms with Gasteiger partial charge >= 0.3 is 5.97 Å². The average Bonchev–Trinajstić information content (AvgIpc) is 2.46. The van der Waals surface area contributed by atoms with Crippen LogP contribution in [0.4, 0.5) is 8.78 Å². The molecule has 0 radical (unpaired) electrons. The molecule has 88 valence electrons. The van der Waals surface area contributed by atoms with E-state index >= 15 is 0 Å². The molecule has 5 heteroatoms. The number of alkyl halides is 2. The molecule has 0 bridgehead atoms. The molecule has 1 aliphatic heterocycles. The van der Waals surface area contributed by atoms with Crippen LogP contribution >= 0.6 is 0 Å². The Hall–Kier alpha value is -0.710. The standard InChI is InChI=1S/C10H17F2NO2/c1-3-15-9(14)4-7(2)8-5-10(11,12)6-13-8/h7-8,13H,3-6H2,1-2H3. The quantitative estimate of drug-likeness (QED) is 0.732. The Morgan fingerprint density at radius 2 is 2.33 bits per heavy atom. The van der Waals surface area contributed by atoms with Gasteiger partial charge in [0.1, 0.15) is 0 Å². The van der Waals surface area contributed by atoms with E-state index < -0.39 is 5.92 Å². The summed E-state index contributed by atoms with van der Waals surface area (Å²) in [7, 11) is 0. The van der Waals surface area contributed by atoms with Gasteiger partial charge in [0.15, 0.2) is 0 Å². The first kappa shape index (κ1) is 12.4. The highest BCUT2D eigenvalue weighted by molar-refractivity contribution is 5.69. The Bertz CT molecular complexity index is 233. The lowest BCUT2D eigenvalue weighted by Crippen LogP contribution is -2.30. The minimum absolute atomic E-state index is 0.113. The first-order valence-electron chi connectivity index (χ1n) is 5.21. The zero-order valence-electron chi connectivity index (χ0n) is 9.06. The highest BCUT2D eigenvalue weighted by atomic mass is 19.3. The zero-order chi connectivity index (χ0) is 11.5. The molecule has 2 atom stereocenters. The Kier molecular flexibility index (Phi) is 4.02. The third kappa shape index (κ3) is 3.74. The summed E-state index contributed by atoms with van der Waals surface area (Å²) in [5, 5.41) is 2.74. The highest BCUT2D eigenvalue weighted by Crippen LogP contribution is 2.29. The minimum atomic E-state index is -2.63. The largest absolute Gasteiger partial charge is 0.466 e. The van der Waals surface area contributed by atoms with Crippen molar-refractivity contribution in [1.29, 1.82) is 0 Å². The highest BCUT2D eigenvalue weighted by Gasteiger charge is 2.41. The molecule has 1 saturated heterocycles. The molecule has 3 nitrogen and oxygen atoms in total. The van der Waals surface area contributed by atoms with Crippen LogP contribution in [0.1, 0.15) is 26.7 Å². The number of esters is 1. The molecule has 2 unspecified atom stereocenters. The predicted molar refractivity (Wildman–Crippen MR) is 51.8 cm³/mol. The molecule has 1 heterocycles. The molecular weight excluding hydrogens is 204 g/mol. The summed E-state index contributed by atoms with van der Waals surface area (Å²) in [6.07, 6.45) is 0.00909. The fourth-order valence-corrected chi connectivity index (χ4v) is 1.77. The lowest BCUT2D eigenvalue weighted by Gasteiger charge is -2.18. The maximum Gasteiger partial charge on any atom is 0.306 e. The molecule has 0 spiro atoms. The van der Waals surface area contributed by atoms with Crippen molar-refractivity contribution < 1.29 is 18.3 Å². The van der Waals surface area contributed by atoms with Gasteiger partial charge in [-0.2, -0.15) is 0 Å². The molecule has 0 saturated carbocycles. The molecule has 0 aromatic carbocycles. The average molecular weight is 221 g/mol. The monoisotopic (exact) mass is 221 g/mol. The van der Waals surface area contributed by atoms with E-state index in [4.69, 9.17) is 4.74 Å². The smallest absolute Gasteiger partial charge is 0.306 e. The van der Waals surface area contributed by atoms with Gasteiger partial charge in [0, 0.05) is 18.9 Å². The van der Waals surface area contributed by atoms with Gasteiger partial charge in [-0.3, -0.25) is 4.79 Å². The number of rotatable bonds is 4. The van der Waals surface area contributed by atoms with Gasteiger partial charge in [-0.25, -0.2) is 8.78 Å². The molecule has 0 aliphatic carbocycles. The molecule has 0 aromatic rings. The van der Waals surface area contributed by atoms with E-state index in [-0.39, 0.29) is 37.3 Å². The van der Waals surface area contributed by atoms with Crippen molar-refractivity contribution in [1.82, 2.24) is 5.32 Å². The van der Waals surface area contributed by atoms with Gasteiger partial charge in [0.2, 0.25) is 0 Å². The van der Waals surface area contributed by atoms with Crippen LogP contribution < -0.4 is 5.32 Å². The van der Waals surface area contributed by atoms with E-state index in [9.17, 15) is 13.6 Å². The number of carbonyl (C=O) groups is 1. The fraction of sp³-hybridized carbons (Fsp3) is 0.900. The topological polar surface area (TPSA) is 38.3 Å². The van der Waals surface area contributed by atoms with Crippen molar-refractivity contribution in [2.45, 2.75) is 38.7 Å². The lowest BCUT2D eigenvalue weighted by atomic mass is 9.96. The molecular formula is C10H17F2NO2. The number of halogens is 2. The number of nitrogens with one attached hydrogen (secondary N) is 1. The molecule has 1 fully saturated rings. The normalized spacial score (nSPS) is 26.3. The van der Waals surface area contributed by atoms with Crippen LogP contribution in [0.15, 0.2) is 0 Å². The van der Waals surface area contributed by atoms with Crippen molar-refractivity contribution >= 4 is 5.97 Å². The van der Waals surface area contributed by atoms with Crippen LogP contribution in [0.2, 0.25) is 0 Å². The number of hydrogen-bond donors (Lipinski definition) is 1. The van der Waals surface area contributed by atoms with Crippen LogP contribution in [0.5, 0.6) is 0 Å². The minimum Gasteiger partial charge on any atom is -0.466 e. The van der Waals surface area contributed by atoms with Crippen LogP contribution in [-0.4, -0.2) is 31.1 Å². The first-order chi connectivity index (χ1) is 6.94. The van der Waals surface area contributed by atoms with Crippen molar-refractivity contribution in [3.63, 3.8) is 0 Å². The summed E-state index contributed by atoms with van der Waals surface area (Å²) in [4.78, 5) is 11.1. The van der Waals surface area contributed by atoms with Crippen LogP contribution in [0.25, 0.3) is 0 Å². The fourth-order valence-electron chi connectivity index (χ4n) is 1.77. The maximum absolute atomic E-state index is 12.9. The van der Waals surface area contributed by atoms with Crippen molar-refractivity contribution in [2.24, 2.45) is 5.92 Å². The van der Waals surface area contributed by atoms with Crippen molar-refractivity contribution in [3.8, 4) is 0 Å². The Morgan fingerprint density at radius 1 is 1.67 bits per heavy atom. The van der Waals surface area contributed by atoms with E-state index in [0.717, 1.165) is 0 Å². The van der Waals surface area contributed by atoms with E-state index in [1.165, 1.54) is 0 Å². The summed E-state index contributed by atoms with van der Waals surface area (Å²) in [5.41, 5.74) is 0. The van der Waals surface area contributed by atoms with Crippen LogP contribution in [0.3, 0.4) is 0 Å². The number of ether oxygens (including phenoxy) is 1. The van der Waals surface area contributed by atoms with Gasteiger partial charge in [-0.1, -0.05) is 6.92 Å². The van der Waals surface area contributed by atoms with Gasteiger partial charge in [0.25, 0.3) is 5.92 Å². The second-order valence-corrected chi connectivity index (χ2v) is 4.03. The van der Waals surface area contributed by atoms with Gasteiger partial charge in [-0.05, 0) is 12.8 Å². The van der Waals surface area contributed by atoms with E-state index in [1.807, 2.05) is 0 Å². The Balaban J connectivity index is 2.35. The number of hydrogen-bond acceptors (Lipinski definition) is 3. The maximum atomic E-state index is 12.9. The van der Waals surface area contributed by atoms with Gasteiger partial charge < -0.3 is 10.1 Å². The predicted octanol–water partition coefficient (Wildman–Crippen LogP) is 1.57. The Labute approximate surface area is 88.2 Å². The lowest BCUT2D eigenvalue weighted by molar-refractivity contribution is -0.144. The van der Waals surface area contributed by atoms with Crippen molar-refractivity contribution in [3.05, 3.63) is 0 Å². The Morgan fingerprint density at radius 3 is 2.80 bits per heavy atom. The third-order valence-electron chi connectivity index (χ3n) is 2.62. The van der Waals surface area contributed by atoms with Gasteiger partial charge in [-0.15, -0.1) is 0 Å². The second kappa shape index (κ2) is 4.88. The molecule has 1 aliphatic rings. The van der Waals surface area contributed by atoms with Gasteiger partial charge in [0.05, 0.1) is 13.2 Å². The molecule has 1 N–H and O–H groups in total. The summed E-state index contributed by atoms with van der Waals surface area (Å²) in [6, 6.07) is -0.288. The summed E-state index contributed by atoms with van der Waals surface area (Å²) >= 11 is 0. The molecule has 15 heavy (non-hydrogen) atoms. The molecule has 0 amide bonds. The summed E-state index contributed by atoms with van der Waals surface area (Å²) in [5.74, 6) is -3.06. The summed E-state index contributed by atoms with van der Waals surface area (Å²) < 4.78 is 30.5. The van der Waals surface area contributed by atoms with E-state index in [1.54, 1.807) is 13.8 Å². The number of carbonyl (C=O) groups excluding carboxylic acids is 1. The van der Waals surface area contributed by atoms with E-state index in [2.05, 4.69) is 5.32 Å². The second-order valence-electron chi connectivity index (χ2n) is 4.03. The SMILES string of the molecule is CCOC(=O)CC(C)C1CC(F)(F)CN1. The van der Waals surface area contributed by atoms with Crippen LogP contribution in [-0.2, 0) is 9.53 Å². The molecule has 1 rings (SSSR count). The summed E-state index contributed by atoms with van der Waals surface area (Å²) in [6.45, 7) is 3.56. The van der Waals surface area contributed by atoms with Crippen LogP contribution in [0, 0.1) is 5.92 Å². The van der Waals surface area contributed by atoms with E-state index in [0.29, 0.717) is 6.61 Å². The third-order valence-corrected chi connectivity index (χ3v) is 2.62. The molecule has 0 aromatic heterocycles. The zero-order valence-corrected chi connectivity index (χ0v) is 9.06.